The third kappa shape index (κ3) is 4.16. The monoisotopic (exact) mass is 326 g/mol. The van der Waals surface area contributed by atoms with E-state index in [-0.39, 0.29) is 5.69 Å². The average Bonchev–Trinajstić information content (AvgIpc) is 2.54. The van der Waals surface area contributed by atoms with Crippen molar-refractivity contribution in [2.24, 2.45) is 5.10 Å². The molecule has 0 saturated heterocycles. The second-order valence-corrected chi connectivity index (χ2v) is 5.44. The van der Waals surface area contributed by atoms with Crippen LogP contribution in [0.3, 0.4) is 0 Å². The molecule has 2 rings (SSSR count). The number of nitrogens with one attached hydrogen (secondary N) is 1. The summed E-state index contributed by atoms with van der Waals surface area (Å²) in [5.74, 6) is -0.422. The Morgan fingerprint density at radius 3 is 2.42 bits per heavy atom. The predicted octanol–water partition coefficient (Wildman–Crippen LogP) is 2.73. The number of amides is 1. The van der Waals surface area contributed by atoms with E-state index in [1.807, 2.05) is 43.3 Å². The summed E-state index contributed by atoms with van der Waals surface area (Å²) in [7, 11) is 3.91. The third-order valence-corrected chi connectivity index (χ3v) is 3.44. The maximum atomic E-state index is 12.0. The molecule has 0 radical (unpaired) electrons. The number of nitro groups is 1. The van der Waals surface area contributed by atoms with E-state index in [9.17, 15) is 14.9 Å². The molecule has 0 atom stereocenters. The van der Waals surface area contributed by atoms with Gasteiger partial charge in [0, 0.05) is 37.0 Å². The van der Waals surface area contributed by atoms with Gasteiger partial charge in [0.1, 0.15) is 0 Å². The minimum Gasteiger partial charge on any atom is -0.378 e. The molecule has 24 heavy (non-hydrogen) atoms. The molecule has 1 N–H and O–H groups in total. The van der Waals surface area contributed by atoms with Crippen molar-refractivity contribution in [2.75, 3.05) is 19.0 Å². The van der Waals surface area contributed by atoms with Gasteiger partial charge >= 0.3 is 0 Å². The predicted molar refractivity (Wildman–Crippen MR) is 93.7 cm³/mol. The fourth-order valence-corrected chi connectivity index (χ4v) is 2.09. The summed E-state index contributed by atoms with van der Waals surface area (Å²) in [4.78, 5) is 24.3. The van der Waals surface area contributed by atoms with Crippen LogP contribution in [0.2, 0.25) is 0 Å². The van der Waals surface area contributed by atoms with Gasteiger partial charge in [-0.1, -0.05) is 12.1 Å². The van der Waals surface area contributed by atoms with Crippen molar-refractivity contribution in [3.05, 3.63) is 69.3 Å². The van der Waals surface area contributed by atoms with Crippen LogP contribution in [-0.2, 0) is 0 Å². The zero-order chi connectivity index (χ0) is 17.7. The highest BCUT2D eigenvalue weighted by atomic mass is 16.6. The number of aryl methyl sites for hydroxylation is 1. The molecule has 0 fully saturated rings. The van der Waals surface area contributed by atoms with Gasteiger partial charge in [-0.05, 0) is 36.8 Å². The topological polar surface area (TPSA) is 87.8 Å². The second kappa shape index (κ2) is 7.36. The highest BCUT2D eigenvalue weighted by Gasteiger charge is 2.13. The standard InChI is InChI=1S/C17H18N4O3/c1-12-10-14(6-9-16(12)21(23)24)17(22)19-18-11-13-4-7-15(8-5-13)20(2)3/h4-11H,1-3H3,(H,19,22)/b18-11+. The minimum atomic E-state index is -0.480. The Labute approximate surface area is 139 Å². The van der Waals surface area contributed by atoms with Crippen molar-refractivity contribution < 1.29 is 9.72 Å². The molecular formula is C17H18N4O3. The van der Waals surface area contributed by atoms with Gasteiger partial charge in [0.05, 0.1) is 11.1 Å². The van der Waals surface area contributed by atoms with Crippen molar-refractivity contribution in [3.8, 4) is 0 Å². The summed E-state index contributed by atoms with van der Waals surface area (Å²) in [6, 6.07) is 11.9. The van der Waals surface area contributed by atoms with E-state index in [0.29, 0.717) is 11.1 Å². The van der Waals surface area contributed by atoms with Crippen LogP contribution in [0.4, 0.5) is 11.4 Å². The molecule has 0 bridgehead atoms. The first kappa shape index (κ1) is 17.1. The molecular weight excluding hydrogens is 308 g/mol. The Kier molecular flexibility index (Phi) is 5.26. The Morgan fingerprint density at radius 1 is 1.21 bits per heavy atom. The van der Waals surface area contributed by atoms with Crippen LogP contribution >= 0.6 is 0 Å². The molecule has 0 unspecified atom stereocenters. The van der Waals surface area contributed by atoms with Crippen LogP contribution < -0.4 is 10.3 Å². The lowest BCUT2D eigenvalue weighted by Gasteiger charge is -2.11. The van der Waals surface area contributed by atoms with Crippen molar-refractivity contribution >= 4 is 23.5 Å². The quantitative estimate of drug-likeness (QED) is 0.520. The molecule has 1 amide bonds. The van der Waals surface area contributed by atoms with E-state index in [2.05, 4.69) is 10.5 Å². The number of hydrogen-bond acceptors (Lipinski definition) is 5. The lowest BCUT2D eigenvalue weighted by atomic mass is 10.1. The number of hydrogen-bond donors (Lipinski definition) is 1. The molecule has 0 aliphatic carbocycles. The van der Waals surface area contributed by atoms with Gasteiger partial charge < -0.3 is 4.90 Å². The van der Waals surface area contributed by atoms with E-state index < -0.39 is 10.8 Å². The molecule has 124 valence electrons. The van der Waals surface area contributed by atoms with Crippen LogP contribution in [0.25, 0.3) is 0 Å². The number of rotatable bonds is 5. The molecule has 0 aromatic heterocycles. The van der Waals surface area contributed by atoms with Crippen LogP contribution in [0.5, 0.6) is 0 Å². The van der Waals surface area contributed by atoms with Crippen LogP contribution in [0.15, 0.2) is 47.6 Å². The summed E-state index contributed by atoms with van der Waals surface area (Å²) in [5, 5.41) is 14.7. The fourth-order valence-electron chi connectivity index (χ4n) is 2.09. The van der Waals surface area contributed by atoms with E-state index in [1.165, 1.54) is 24.4 Å². The molecule has 7 heteroatoms. The summed E-state index contributed by atoms with van der Waals surface area (Å²) in [5.41, 5.74) is 5.05. The first-order chi connectivity index (χ1) is 11.4. The average molecular weight is 326 g/mol. The Hall–Kier alpha value is -3.22. The molecule has 2 aromatic carbocycles. The lowest BCUT2D eigenvalue weighted by molar-refractivity contribution is -0.385. The highest BCUT2D eigenvalue weighted by molar-refractivity contribution is 5.95. The first-order valence-electron chi connectivity index (χ1n) is 7.24. The number of carbonyl (C=O) groups excluding carboxylic acids is 1. The normalized spacial score (nSPS) is 10.6. The van der Waals surface area contributed by atoms with Crippen LogP contribution in [0, 0.1) is 17.0 Å². The van der Waals surface area contributed by atoms with Crippen molar-refractivity contribution in [2.45, 2.75) is 6.92 Å². The maximum Gasteiger partial charge on any atom is 0.272 e. The van der Waals surface area contributed by atoms with Gasteiger partial charge in [0.2, 0.25) is 0 Å². The van der Waals surface area contributed by atoms with E-state index in [0.717, 1.165) is 11.3 Å². The number of hydrazone groups is 1. The summed E-state index contributed by atoms with van der Waals surface area (Å²) >= 11 is 0. The van der Waals surface area contributed by atoms with Gasteiger partial charge in [-0.2, -0.15) is 5.10 Å². The van der Waals surface area contributed by atoms with Crippen molar-refractivity contribution in [1.82, 2.24) is 5.43 Å². The third-order valence-electron chi connectivity index (χ3n) is 3.44. The molecule has 2 aromatic rings. The maximum absolute atomic E-state index is 12.0. The Morgan fingerprint density at radius 2 is 1.88 bits per heavy atom. The lowest BCUT2D eigenvalue weighted by Crippen LogP contribution is -2.17. The second-order valence-electron chi connectivity index (χ2n) is 5.44. The number of carbonyl (C=O) groups is 1. The van der Waals surface area contributed by atoms with Crippen molar-refractivity contribution in [3.63, 3.8) is 0 Å². The van der Waals surface area contributed by atoms with Gasteiger partial charge in [-0.15, -0.1) is 0 Å². The van der Waals surface area contributed by atoms with Crippen LogP contribution in [0.1, 0.15) is 21.5 Å². The number of benzene rings is 2. The van der Waals surface area contributed by atoms with E-state index in [4.69, 9.17) is 0 Å². The molecule has 0 heterocycles. The van der Waals surface area contributed by atoms with Crippen molar-refractivity contribution in [1.29, 1.82) is 0 Å². The van der Waals surface area contributed by atoms with E-state index in [1.54, 1.807) is 6.92 Å². The number of nitro benzene ring substituents is 1. The first-order valence-corrected chi connectivity index (χ1v) is 7.24. The minimum absolute atomic E-state index is 0.0176. The van der Waals surface area contributed by atoms with Crippen LogP contribution in [-0.4, -0.2) is 31.1 Å². The van der Waals surface area contributed by atoms with Gasteiger partial charge in [0.25, 0.3) is 11.6 Å². The van der Waals surface area contributed by atoms with Gasteiger partial charge in [0.15, 0.2) is 0 Å². The molecule has 7 nitrogen and oxygen atoms in total. The molecule has 0 aliphatic heterocycles. The highest BCUT2D eigenvalue weighted by Crippen LogP contribution is 2.18. The summed E-state index contributed by atoms with van der Waals surface area (Å²) < 4.78 is 0. The smallest absolute Gasteiger partial charge is 0.272 e. The molecule has 0 saturated carbocycles. The zero-order valence-electron chi connectivity index (χ0n) is 13.7. The molecule has 0 spiro atoms. The fraction of sp³-hybridized carbons (Fsp3) is 0.176. The van der Waals surface area contributed by atoms with Gasteiger partial charge in [-0.3, -0.25) is 14.9 Å². The van der Waals surface area contributed by atoms with Gasteiger partial charge in [-0.25, -0.2) is 5.43 Å². The number of anilines is 1. The molecule has 0 aliphatic rings. The number of nitrogens with zero attached hydrogens (tertiary/aromatic N) is 3. The summed E-state index contributed by atoms with van der Waals surface area (Å²) in [6.07, 6.45) is 1.54. The van der Waals surface area contributed by atoms with E-state index >= 15 is 0 Å². The summed E-state index contributed by atoms with van der Waals surface area (Å²) in [6.45, 7) is 1.59. The Bertz CT molecular complexity index is 783. The largest absolute Gasteiger partial charge is 0.378 e. The Balaban J connectivity index is 2.02. The zero-order valence-corrected chi connectivity index (χ0v) is 13.7. The SMILES string of the molecule is Cc1cc(C(=O)N/N=C/c2ccc(N(C)C)cc2)ccc1[N+](=O)[O-].